The molecule has 0 unspecified atom stereocenters. The number of nitrogens with zero attached hydrogens (tertiary/aromatic N) is 4. The SMILES string of the molecule is CCOc1ccccc1N=Nc1c(C)[nH]n(-c2nc(-c3ccc(Br)cc3)cs2)c1=O. The first-order valence-electron chi connectivity index (χ1n) is 9.24. The predicted octanol–water partition coefficient (Wildman–Crippen LogP) is 6.17. The predicted molar refractivity (Wildman–Crippen MR) is 122 cm³/mol. The average molecular weight is 484 g/mol. The third-order valence-electron chi connectivity index (χ3n) is 4.29. The molecule has 0 bridgehead atoms. The monoisotopic (exact) mass is 483 g/mol. The molecule has 0 fully saturated rings. The topological polar surface area (TPSA) is 84.6 Å². The number of aryl methyl sites for hydroxylation is 1. The molecule has 2 aromatic heterocycles. The van der Waals surface area contributed by atoms with Gasteiger partial charge in [0, 0.05) is 15.4 Å². The van der Waals surface area contributed by atoms with E-state index in [1.165, 1.54) is 16.0 Å². The molecule has 0 radical (unpaired) electrons. The molecule has 0 amide bonds. The Kier molecular flexibility index (Phi) is 5.91. The highest BCUT2D eigenvalue weighted by Gasteiger charge is 2.15. The summed E-state index contributed by atoms with van der Waals surface area (Å²) in [6.45, 7) is 4.21. The molecule has 0 aliphatic carbocycles. The maximum Gasteiger partial charge on any atom is 0.301 e. The van der Waals surface area contributed by atoms with E-state index in [4.69, 9.17) is 4.74 Å². The maximum absolute atomic E-state index is 12.9. The Bertz CT molecular complexity index is 1260. The number of hydrogen-bond acceptors (Lipinski definition) is 6. The summed E-state index contributed by atoms with van der Waals surface area (Å²) in [5.41, 5.74) is 2.89. The zero-order valence-electron chi connectivity index (χ0n) is 16.3. The Morgan fingerprint density at radius 2 is 1.93 bits per heavy atom. The number of halogens is 1. The van der Waals surface area contributed by atoms with E-state index in [0.717, 1.165) is 15.7 Å². The van der Waals surface area contributed by atoms with Gasteiger partial charge in [-0.3, -0.25) is 9.89 Å². The highest BCUT2D eigenvalue weighted by Crippen LogP contribution is 2.29. The lowest BCUT2D eigenvalue weighted by Crippen LogP contribution is -2.13. The van der Waals surface area contributed by atoms with Crippen molar-refractivity contribution in [2.24, 2.45) is 10.2 Å². The van der Waals surface area contributed by atoms with Gasteiger partial charge in [-0.15, -0.1) is 21.6 Å². The minimum absolute atomic E-state index is 0.238. The average Bonchev–Trinajstić information content (AvgIpc) is 3.33. The number of rotatable bonds is 6. The summed E-state index contributed by atoms with van der Waals surface area (Å²) < 4.78 is 7.95. The number of aromatic nitrogens is 3. The van der Waals surface area contributed by atoms with Gasteiger partial charge >= 0.3 is 5.56 Å². The van der Waals surface area contributed by atoms with Crippen LogP contribution in [0.1, 0.15) is 12.6 Å². The minimum atomic E-state index is -0.304. The second-order valence-electron chi connectivity index (χ2n) is 6.35. The van der Waals surface area contributed by atoms with Gasteiger partial charge in [0.15, 0.2) is 5.69 Å². The second-order valence-corrected chi connectivity index (χ2v) is 8.10. The number of aromatic amines is 1. The summed E-state index contributed by atoms with van der Waals surface area (Å²) in [5, 5.41) is 13.9. The molecule has 1 N–H and O–H groups in total. The first-order valence-corrected chi connectivity index (χ1v) is 10.9. The van der Waals surface area contributed by atoms with Crippen LogP contribution in [0.5, 0.6) is 5.75 Å². The number of H-pyrrole nitrogens is 1. The standard InChI is InChI=1S/C21H18BrN5O2S/c1-3-29-18-7-5-4-6-16(18)24-25-19-13(2)26-27(20(19)28)21-23-17(12-30-21)14-8-10-15(22)11-9-14/h4-12,26H,3H2,1-2H3. The summed E-state index contributed by atoms with van der Waals surface area (Å²) >= 11 is 4.81. The van der Waals surface area contributed by atoms with E-state index < -0.39 is 0 Å². The van der Waals surface area contributed by atoms with Crippen LogP contribution in [-0.2, 0) is 0 Å². The first kappa shape index (κ1) is 20.2. The molecule has 0 saturated heterocycles. The van der Waals surface area contributed by atoms with Gasteiger partial charge in [0.2, 0.25) is 5.13 Å². The zero-order chi connectivity index (χ0) is 21.1. The van der Waals surface area contributed by atoms with Crippen LogP contribution in [0.15, 0.2) is 73.4 Å². The van der Waals surface area contributed by atoms with Crippen LogP contribution in [0.2, 0.25) is 0 Å². The van der Waals surface area contributed by atoms with Crippen molar-refractivity contribution in [3.8, 4) is 22.1 Å². The highest BCUT2D eigenvalue weighted by molar-refractivity contribution is 9.10. The molecule has 152 valence electrons. The number of hydrogen-bond donors (Lipinski definition) is 1. The van der Waals surface area contributed by atoms with E-state index in [9.17, 15) is 4.79 Å². The molecule has 0 saturated carbocycles. The van der Waals surface area contributed by atoms with Crippen molar-refractivity contribution >= 4 is 38.6 Å². The van der Waals surface area contributed by atoms with Crippen LogP contribution < -0.4 is 10.3 Å². The van der Waals surface area contributed by atoms with E-state index in [-0.39, 0.29) is 11.2 Å². The molecule has 0 aliphatic rings. The first-order chi connectivity index (χ1) is 14.6. The van der Waals surface area contributed by atoms with Crippen LogP contribution >= 0.6 is 27.3 Å². The maximum atomic E-state index is 12.9. The third kappa shape index (κ3) is 4.12. The summed E-state index contributed by atoms with van der Waals surface area (Å²) in [7, 11) is 0. The van der Waals surface area contributed by atoms with E-state index in [0.29, 0.717) is 28.9 Å². The number of ether oxygens (including phenoxy) is 1. The highest BCUT2D eigenvalue weighted by atomic mass is 79.9. The number of para-hydroxylation sites is 1. The Balaban J connectivity index is 1.65. The van der Waals surface area contributed by atoms with Gasteiger partial charge in [-0.05, 0) is 38.1 Å². The third-order valence-corrected chi connectivity index (χ3v) is 5.64. The summed E-state index contributed by atoms with van der Waals surface area (Å²) in [6, 6.07) is 15.2. The molecule has 2 aromatic carbocycles. The zero-order valence-corrected chi connectivity index (χ0v) is 18.7. The van der Waals surface area contributed by atoms with Crippen LogP contribution in [0.25, 0.3) is 16.4 Å². The second kappa shape index (κ2) is 8.76. The van der Waals surface area contributed by atoms with Gasteiger partial charge in [0.25, 0.3) is 0 Å². The lowest BCUT2D eigenvalue weighted by molar-refractivity contribution is 0.341. The van der Waals surface area contributed by atoms with Crippen molar-refractivity contribution in [2.75, 3.05) is 6.61 Å². The Hall–Kier alpha value is -3.04. The van der Waals surface area contributed by atoms with Gasteiger partial charge in [-0.1, -0.05) is 40.2 Å². The van der Waals surface area contributed by atoms with Crippen molar-refractivity contribution in [3.05, 3.63) is 74.4 Å². The molecule has 0 spiro atoms. The fourth-order valence-corrected chi connectivity index (χ4v) is 3.89. The molecule has 4 aromatic rings. The van der Waals surface area contributed by atoms with Crippen LogP contribution in [0.4, 0.5) is 11.4 Å². The van der Waals surface area contributed by atoms with Gasteiger partial charge in [0.05, 0.1) is 18.0 Å². The molecular weight excluding hydrogens is 466 g/mol. The normalized spacial score (nSPS) is 11.3. The molecule has 0 aliphatic heterocycles. The van der Waals surface area contributed by atoms with E-state index >= 15 is 0 Å². The van der Waals surface area contributed by atoms with Crippen LogP contribution in [-0.4, -0.2) is 21.4 Å². The Morgan fingerprint density at radius 1 is 1.17 bits per heavy atom. The van der Waals surface area contributed by atoms with Crippen molar-refractivity contribution in [2.45, 2.75) is 13.8 Å². The molecule has 2 heterocycles. The molecule has 0 atom stereocenters. The molecular formula is C21H18BrN5O2S. The van der Waals surface area contributed by atoms with E-state index in [2.05, 4.69) is 36.2 Å². The largest absolute Gasteiger partial charge is 0.492 e. The van der Waals surface area contributed by atoms with E-state index in [1.807, 2.05) is 54.8 Å². The molecule has 30 heavy (non-hydrogen) atoms. The van der Waals surface area contributed by atoms with E-state index in [1.54, 1.807) is 13.0 Å². The number of thiazole rings is 1. The Labute approximate surface area is 185 Å². The van der Waals surface area contributed by atoms with Gasteiger partial charge in [-0.25, -0.2) is 4.98 Å². The number of nitrogens with one attached hydrogen (secondary N) is 1. The fraction of sp³-hybridized carbons (Fsp3) is 0.143. The lowest BCUT2D eigenvalue weighted by Gasteiger charge is -2.04. The molecule has 9 heteroatoms. The smallest absolute Gasteiger partial charge is 0.301 e. The van der Waals surface area contributed by atoms with Crippen LogP contribution in [0.3, 0.4) is 0 Å². The van der Waals surface area contributed by atoms with Crippen molar-refractivity contribution in [3.63, 3.8) is 0 Å². The quantitative estimate of drug-likeness (QED) is 0.332. The molecule has 4 rings (SSSR count). The lowest BCUT2D eigenvalue weighted by atomic mass is 10.2. The summed E-state index contributed by atoms with van der Waals surface area (Å²) in [4.78, 5) is 17.5. The number of azo groups is 1. The summed E-state index contributed by atoms with van der Waals surface area (Å²) in [6.07, 6.45) is 0. The minimum Gasteiger partial charge on any atom is -0.492 e. The van der Waals surface area contributed by atoms with Crippen LogP contribution in [0, 0.1) is 6.92 Å². The molecule has 7 nitrogen and oxygen atoms in total. The van der Waals surface area contributed by atoms with Gasteiger partial charge in [0.1, 0.15) is 11.4 Å². The Morgan fingerprint density at radius 3 is 2.70 bits per heavy atom. The number of benzene rings is 2. The fourth-order valence-electron chi connectivity index (χ4n) is 2.83. The van der Waals surface area contributed by atoms with Crippen molar-refractivity contribution in [1.29, 1.82) is 0 Å². The van der Waals surface area contributed by atoms with Crippen molar-refractivity contribution in [1.82, 2.24) is 14.8 Å². The summed E-state index contributed by atoms with van der Waals surface area (Å²) in [5.74, 6) is 0.622. The van der Waals surface area contributed by atoms with Crippen molar-refractivity contribution < 1.29 is 4.74 Å². The van der Waals surface area contributed by atoms with Gasteiger partial charge in [-0.2, -0.15) is 4.68 Å². The van der Waals surface area contributed by atoms with Gasteiger partial charge < -0.3 is 4.74 Å².